The second-order valence-electron chi connectivity index (χ2n) is 8.16. The second-order valence-corrected chi connectivity index (χ2v) is 11.1. The quantitative estimate of drug-likeness (QED) is 0.499. The predicted octanol–water partition coefficient (Wildman–Crippen LogP) is 3.28. The van der Waals surface area contributed by atoms with Crippen molar-refractivity contribution in [1.82, 2.24) is 24.8 Å². The summed E-state index contributed by atoms with van der Waals surface area (Å²) in [6.07, 6.45) is 7.71. The third-order valence-corrected chi connectivity index (χ3v) is 8.53. The molecule has 34 heavy (non-hydrogen) atoms. The molecule has 10 nitrogen and oxygen atoms in total. The lowest BCUT2D eigenvalue weighted by Gasteiger charge is -2.23. The number of nitrogens with zero attached hydrogens (tertiary/aromatic N) is 5. The van der Waals surface area contributed by atoms with Crippen LogP contribution in [0.1, 0.15) is 54.1 Å². The fourth-order valence-corrected chi connectivity index (χ4v) is 6.07. The Hall–Kier alpha value is -3.12. The first kappa shape index (κ1) is 22.7. The first-order valence-corrected chi connectivity index (χ1v) is 13.5. The van der Waals surface area contributed by atoms with Crippen molar-refractivity contribution in [2.45, 2.75) is 43.9 Å². The third-order valence-electron chi connectivity index (χ3n) is 5.68. The van der Waals surface area contributed by atoms with Crippen molar-refractivity contribution in [2.24, 2.45) is 0 Å². The number of hydrogen-bond donors (Lipinski definition) is 1. The van der Waals surface area contributed by atoms with Gasteiger partial charge in [-0.05, 0) is 44.7 Å². The molecule has 3 aromatic rings. The van der Waals surface area contributed by atoms with Crippen LogP contribution in [0.25, 0.3) is 10.6 Å². The molecule has 1 aliphatic heterocycles. The molecule has 1 saturated heterocycles. The minimum absolute atomic E-state index is 0.182. The standard InChI is InChI=1S/C22H24N6O4S2/c1-2-32-20-13-23-11-16(26-20)18-12-24-21(33-18)22(29)28-10-4-6-17(28)15-5-3-7-19(25-15)27-34(30,31)14-8-9-14/h3,5,7,11-14,17H,2,4,6,8-10H2,1H3,(H,25,27)/t17-/m0/s1. The fourth-order valence-electron chi connectivity index (χ4n) is 3.92. The zero-order valence-electron chi connectivity index (χ0n) is 18.5. The number of hydrogen-bond acceptors (Lipinski definition) is 9. The van der Waals surface area contributed by atoms with E-state index in [1.165, 1.54) is 11.3 Å². The Kier molecular flexibility index (Phi) is 6.17. The van der Waals surface area contributed by atoms with Crippen molar-refractivity contribution in [3.05, 3.63) is 47.5 Å². The van der Waals surface area contributed by atoms with Crippen LogP contribution in [0, 0.1) is 0 Å². The number of nitrogens with one attached hydrogen (secondary N) is 1. The maximum absolute atomic E-state index is 13.3. The average molecular weight is 501 g/mol. The van der Waals surface area contributed by atoms with Crippen molar-refractivity contribution < 1.29 is 17.9 Å². The van der Waals surface area contributed by atoms with Crippen LogP contribution >= 0.6 is 11.3 Å². The van der Waals surface area contributed by atoms with Gasteiger partial charge in [0.05, 0.1) is 40.9 Å². The number of pyridine rings is 1. The van der Waals surface area contributed by atoms with Gasteiger partial charge in [0.15, 0.2) is 5.01 Å². The molecule has 1 aliphatic carbocycles. The van der Waals surface area contributed by atoms with Crippen LogP contribution in [0.2, 0.25) is 0 Å². The van der Waals surface area contributed by atoms with Crippen LogP contribution in [0.4, 0.5) is 5.82 Å². The highest BCUT2D eigenvalue weighted by atomic mass is 32.2. The second kappa shape index (κ2) is 9.26. The van der Waals surface area contributed by atoms with Gasteiger partial charge in [-0.3, -0.25) is 14.5 Å². The van der Waals surface area contributed by atoms with Gasteiger partial charge in [0.25, 0.3) is 5.91 Å². The number of anilines is 1. The SMILES string of the molecule is CCOc1cncc(-c2cnc(C(=O)N3CCC[C@H]3c3cccc(NS(=O)(=O)C4CC4)n3)s2)n1. The van der Waals surface area contributed by atoms with Gasteiger partial charge in [-0.25, -0.2) is 23.4 Å². The summed E-state index contributed by atoms with van der Waals surface area (Å²) in [7, 11) is -3.41. The Morgan fingerprint density at radius 3 is 2.85 bits per heavy atom. The molecule has 2 fully saturated rings. The Morgan fingerprint density at radius 1 is 1.21 bits per heavy atom. The molecule has 3 aromatic heterocycles. The molecule has 178 valence electrons. The first-order chi connectivity index (χ1) is 16.4. The summed E-state index contributed by atoms with van der Waals surface area (Å²) in [5, 5.41) is 0.0247. The van der Waals surface area contributed by atoms with Crippen LogP contribution in [0.3, 0.4) is 0 Å². The van der Waals surface area contributed by atoms with Gasteiger partial charge in [-0.15, -0.1) is 11.3 Å². The van der Waals surface area contributed by atoms with E-state index < -0.39 is 10.0 Å². The molecule has 2 aliphatic rings. The van der Waals surface area contributed by atoms with E-state index in [1.807, 2.05) is 13.0 Å². The molecule has 1 amide bonds. The van der Waals surface area contributed by atoms with E-state index >= 15 is 0 Å². The van der Waals surface area contributed by atoms with Crippen molar-refractivity contribution in [1.29, 1.82) is 0 Å². The maximum atomic E-state index is 13.3. The smallest absolute Gasteiger partial charge is 0.283 e. The monoisotopic (exact) mass is 500 g/mol. The van der Waals surface area contributed by atoms with Crippen molar-refractivity contribution in [3.63, 3.8) is 0 Å². The number of thiazole rings is 1. The maximum Gasteiger partial charge on any atom is 0.283 e. The Bertz CT molecular complexity index is 1310. The minimum Gasteiger partial charge on any atom is -0.477 e. The highest BCUT2D eigenvalue weighted by Crippen LogP contribution is 2.35. The highest BCUT2D eigenvalue weighted by Gasteiger charge is 2.37. The summed E-state index contributed by atoms with van der Waals surface area (Å²) in [6.45, 7) is 2.94. The zero-order valence-corrected chi connectivity index (χ0v) is 20.2. The summed E-state index contributed by atoms with van der Waals surface area (Å²) in [4.78, 5) is 33.2. The summed E-state index contributed by atoms with van der Waals surface area (Å²) < 4.78 is 32.6. The highest BCUT2D eigenvalue weighted by molar-refractivity contribution is 7.93. The van der Waals surface area contributed by atoms with Crippen LogP contribution < -0.4 is 9.46 Å². The number of rotatable bonds is 8. The number of likely N-dealkylation sites (tertiary alicyclic amines) is 1. The molecule has 0 spiro atoms. The van der Waals surface area contributed by atoms with Crippen LogP contribution in [-0.2, 0) is 10.0 Å². The van der Waals surface area contributed by atoms with Gasteiger partial charge in [0.1, 0.15) is 11.5 Å². The topological polar surface area (TPSA) is 127 Å². The molecule has 1 saturated carbocycles. The van der Waals surface area contributed by atoms with Gasteiger partial charge in [0, 0.05) is 12.7 Å². The van der Waals surface area contributed by atoms with E-state index in [2.05, 4.69) is 24.7 Å². The largest absolute Gasteiger partial charge is 0.477 e. The molecular formula is C22H24N6O4S2. The predicted molar refractivity (Wildman–Crippen MR) is 127 cm³/mol. The van der Waals surface area contributed by atoms with E-state index in [1.54, 1.807) is 35.6 Å². The van der Waals surface area contributed by atoms with E-state index in [0.717, 1.165) is 17.7 Å². The zero-order chi connectivity index (χ0) is 23.7. The van der Waals surface area contributed by atoms with Crippen LogP contribution in [0.15, 0.2) is 36.8 Å². The van der Waals surface area contributed by atoms with Gasteiger partial charge >= 0.3 is 0 Å². The van der Waals surface area contributed by atoms with E-state index in [9.17, 15) is 13.2 Å². The number of sulfonamides is 1. The Balaban J connectivity index is 1.34. The average Bonchev–Trinajstić information content (AvgIpc) is 3.39. The lowest BCUT2D eigenvalue weighted by Crippen LogP contribution is -2.31. The van der Waals surface area contributed by atoms with Crippen molar-refractivity contribution in [2.75, 3.05) is 17.9 Å². The summed E-state index contributed by atoms with van der Waals surface area (Å²) >= 11 is 1.25. The van der Waals surface area contributed by atoms with Crippen molar-refractivity contribution >= 4 is 33.1 Å². The Morgan fingerprint density at radius 2 is 2.06 bits per heavy atom. The Labute approximate surface area is 201 Å². The summed E-state index contributed by atoms with van der Waals surface area (Å²) in [5.74, 6) is 0.524. The van der Waals surface area contributed by atoms with E-state index in [-0.39, 0.29) is 23.0 Å². The lowest BCUT2D eigenvalue weighted by atomic mass is 10.1. The first-order valence-electron chi connectivity index (χ1n) is 11.1. The molecular weight excluding hydrogens is 476 g/mol. The lowest BCUT2D eigenvalue weighted by molar-refractivity contribution is 0.0732. The number of amides is 1. The molecule has 4 heterocycles. The van der Waals surface area contributed by atoms with Gasteiger partial charge in [-0.2, -0.15) is 0 Å². The number of ether oxygens (including phenoxy) is 1. The molecule has 0 unspecified atom stereocenters. The summed E-state index contributed by atoms with van der Waals surface area (Å²) in [6, 6.07) is 4.98. The van der Waals surface area contributed by atoms with E-state index in [0.29, 0.717) is 48.3 Å². The molecule has 1 atom stereocenters. The molecule has 12 heteroatoms. The normalized spacial score (nSPS) is 18.1. The number of aromatic nitrogens is 4. The molecule has 0 radical (unpaired) electrons. The van der Waals surface area contributed by atoms with E-state index in [4.69, 9.17) is 4.74 Å². The molecule has 0 aromatic carbocycles. The van der Waals surface area contributed by atoms with Gasteiger partial charge in [-0.1, -0.05) is 6.07 Å². The fraction of sp³-hybridized carbons (Fsp3) is 0.409. The van der Waals surface area contributed by atoms with Crippen LogP contribution in [-0.4, -0.2) is 57.6 Å². The third kappa shape index (κ3) is 4.73. The minimum atomic E-state index is -3.41. The van der Waals surface area contributed by atoms with Crippen LogP contribution in [0.5, 0.6) is 5.88 Å². The number of carbonyl (C=O) groups is 1. The molecule has 0 bridgehead atoms. The number of carbonyl (C=O) groups excluding carboxylic acids is 1. The molecule has 5 rings (SSSR count). The van der Waals surface area contributed by atoms with Crippen molar-refractivity contribution in [3.8, 4) is 16.5 Å². The van der Waals surface area contributed by atoms with Gasteiger partial charge in [0.2, 0.25) is 15.9 Å². The summed E-state index contributed by atoms with van der Waals surface area (Å²) in [5.41, 5.74) is 1.26. The molecule has 1 N–H and O–H groups in total. The van der Waals surface area contributed by atoms with Gasteiger partial charge < -0.3 is 9.64 Å².